The number of aromatic amines is 1. The summed E-state index contributed by atoms with van der Waals surface area (Å²) in [5.74, 6) is 1.16. The second-order valence-corrected chi connectivity index (χ2v) is 8.20. The van der Waals surface area contributed by atoms with E-state index >= 15 is 0 Å². The van der Waals surface area contributed by atoms with Crippen molar-refractivity contribution in [1.82, 2.24) is 14.9 Å². The van der Waals surface area contributed by atoms with Gasteiger partial charge in [0.05, 0.1) is 24.1 Å². The van der Waals surface area contributed by atoms with Gasteiger partial charge in [0.25, 0.3) is 5.56 Å². The SMILES string of the molecule is CCCN(Cc1nc2cc(Cl)ccc2c(=O)[nH]1)C(=O)CCCOc1ccc(Cl)c(C)c1. The summed E-state index contributed by atoms with van der Waals surface area (Å²) in [6.45, 7) is 5.16. The second-order valence-electron chi connectivity index (χ2n) is 7.35. The first kappa shape index (κ1) is 23.1. The maximum atomic E-state index is 12.8. The fraction of sp³-hybridized carbons (Fsp3) is 0.348. The number of hydrogen-bond acceptors (Lipinski definition) is 4. The van der Waals surface area contributed by atoms with Crippen LogP contribution in [-0.4, -0.2) is 33.9 Å². The molecule has 6 nitrogen and oxygen atoms in total. The molecule has 0 saturated carbocycles. The minimum Gasteiger partial charge on any atom is -0.494 e. The number of nitrogens with zero attached hydrogens (tertiary/aromatic N) is 2. The Morgan fingerprint density at radius 3 is 2.74 bits per heavy atom. The molecule has 0 aliphatic carbocycles. The van der Waals surface area contributed by atoms with Gasteiger partial charge in [-0.05, 0) is 61.7 Å². The van der Waals surface area contributed by atoms with Gasteiger partial charge in [-0.15, -0.1) is 0 Å². The van der Waals surface area contributed by atoms with Crippen LogP contribution >= 0.6 is 23.2 Å². The lowest BCUT2D eigenvalue weighted by atomic mass is 10.2. The molecule has 0 radical (unpaired) electrons. The van der Waals surface area contributed by atoms with E-state index in [-0.39, 0.29) is 18.0 Å². The second kappa shape index (κ2) is 10.6. The molecule has 1 amide bonds. The number of aryl methyl sites for hydroxylation is 1. The minimum absolute atomic E-state index is 0.00780. The van der Waals surface area contributed by atoms with E-state index in [4.69, 9.17) is 27.9 Å². The number of nitrogens with one attached hydrogen (secondary N) is 1. The van der Waals surface area contributed by atoms with Gasteiger partial charge in [-0.1, -0.05) is 30.1 Å². The average Bonchev–Trinajstić information content (AvgIpc) is 2.73. The number of carbonyl (C=O) groups excluding carboxylic acids is 1. The Labute approximate surface area is 191 Å². The Morgan fingerprint density at radius 2 is 2.00 bits per heavy atom. The Morgan fingerprint density at radius 1 is 1.19 bits per heavy atom. The van der Waals surface area contributed by atoms with Crippen LogP contribution in [0, 0.1) is 6.92 Å². The molecule has 31 heavy (non-hydrogen) atoms. The third kappa shape index (κ3) is 6.21. The van der Waals surface area contributed by atoms with Gasteiger partial charge in [0.1, 0.15) is 11.6 Å². The van der Waals surface area contributed by atoms with E-state index in [9.17, 15) is 9.59 Å². The zero-order valence-corrected chi connectivity index (χ0v) is 19.1. The summed E-state index contributed by atoms with van der Waals surface area (Å²) in [5, 5.41) is 1.67. The van der Waals surface area contributed by atoms with E-state index in [2.05, 4.69) is 9.97 Å². The highest BCUT2D eigenvalue weighted by molar-refractivity contribution is 6.31. The maximum Gasteiger partial charge on any atom is 0.258 e. The van der Waals surface area contributed by atoms with Crippen molar-refractivity contribution in [3.8, 4) is 5.75 Å². The molecular formula is C23H25Cl2N3O3. The average molecular weight is 462 g/mol. The standard InChI is InChI=1S/C23H25Cl2N3O3/c1-3-10-28(14-21-26-20-13-16(24)6-8-18(20)23(30)27-21)22(29)5-4-11-31-17-7-9-19(25)15(2)12-17/h6-9,12-13H,3-5,10-11,14H2,1-2H3,(H,26,27,30). The molecule has 0 spiro atoms. The summed E-state index contributed by atoms with van der Waals surface area (Å²) in [7, 11) is 0. The van der Waals surface area contributed by atoms with Crippen LogP contribution in [0.3, 0.4) is 0 Å². The van der Waals surface area contributed by atoms with Gasteiger partial charge in [-0.3, -0.25) is 9.59 Å². The number of hydrogen-bond donors (Lipinski definition) is 1. The maximum absolute atomic E-state index is 12.8. The highest BCUT2D eigenvalue weighted by atomic mass is 35.5. The predicted molar refractivity (Wildman–Crippen MR) is 124 cm³/mol. The zero-order valence-electron chi connectivity index (χ0n) is 17.6. The molecule has 0 bridgehead atoms. The van der Waals surface area contributed by atoms with Crippen LogP contribution < -0.4 is 10.3 Å². The molecule has 0 saturated heterocycles. The van der Waals surface area contributed by atoms with Crippen LogP contribution in [0.2, 0.25) is 10.0 Å². The molecule has 1 aromatic heterocycles. The number of amides is 1. The summed E-state index contributed by atoms with van der Waals surface area (Å²) < 4.78 is 5.72. The molecule has 2 aromatic carbocycles. The highest BCUT2D eigenvalue weighted by Gasteiger charge is 2.15. The smallest absolute Gasteiger partial charge is 0.258 e. The normalized spacial score (nSPS) is 11.0. The summed E-state index contributed by atoms with van der Waals surface area (Å²) in [5.41, 5.74) is 1.22. The molecule has 3 rings (SSSR count). The van der Waals surface area contributed by atoms with Crippen molar-refractivity contribution in [2.45, 2.75) is 39.7 Å². The Bertz CT molecular complexity index is 1130. The van der Waals surface area contributed by atoms with Gasteiger partial charge in [-0.25, -0.2) is 4.98 Å². The van der Waals surface area contributed by atoms with E-state index in [1.54, 1.807) is 29.2 Å². The van der Waals surface area contributed by atoms with Crippen molar-refractivity contribution >= 4 is 40.0 Å². The first-order valence-electron chi connectivity index (χ1n) is 10.2. The highest BCUT2D eigenvalue weighted by Crippen LogP contribution is 2.21. The number of ether oxygens (including phenoxy) is 1. The summed E-state index contributed by atoms with van der Waals surface area (Å²) >= 11 is 12.1. The zero-order chi connectivity index (χ0) is 22.4. The lowest BCUT2D eigenvalue weighted by Gasteiger charge is -2.22. The monoisotopic (exact) mass is 461 g/mol. The van der Waals surface area contributed by atoms with Crippen molar-refractivity contribution in [2.75, 3.05) is 13.2 Å². The number of halogens is 2. The molecule has 0 unspecified atom stereocenters. The van der Waals surface area contributed by atoms with E-state index < -0.39 is 0 Å². The van der Waals surface area contributed by atoms with Gasteiger partial charge >= 0.3 is 0 Å². The molecule has 1 heterocycles. The third-order valence-electron chi connectivity index (χ3n) is 4.84. The fourth-order valence-electron chi connectivity index (χ4n) is 3.26. The van der Waals surface area contributed by atoms with Crippen molar-refractivity contribution in [3.63, 3.8) is 0 Å². The lowest BCUT2D eigenvalue weighted by Crippen LogP contribution is -2.32. The first-order valence-corrected chi connectivity index (χ1v) is 11.0. The lowest BCUT2D eigenvalue weighted by molar-refractivity contribution is -0.132. The molecule has 0 fully saturated rings. The van der Waals surface area contributed by atoms with Crippen LogP contribution in [0.1, 0.15) is 37.6 Å². The molecular weight excluding hydrogens is 437 g/mol. The van der Waals surface area contributed by atoms with E-state index in [1.165, 1.54) is 0 Å². The van der Waals surface area contributed by atoms with E-state index in [1.807, 2.05) is 26.0 Å². The summed E-state index contributed by atoms with van der Waals surface area (Å²) in [4.78, 5) is 34.1. The number of aromatic nitrogens is 2. The van der Waals surface area contributed by atoms with Crippen LogP contribution in [0.25, 0.3) is 10.9 Å². The van der Waals surface area contributed by atoms with E-state index in [0.717, 1.165) is 17.7 Å². The fourth-order valence-corrected chi connectivity index (χ4v) is 3.54. The van der Waals surface area contributed by atoms with Crippen LogP contribution in [0.4, 0.5) is 0 Å². The number of carbonyl (C=O) groups is 1. The summed E-state index contributed by atoms with van der Waals surface area (Å²) in [6.07, 6.45) is 1.73. The minimum atomic E-state index is -0.243. The van der Waals surface area contributed by atoms with Gasteiger partial charge in [0.15, 0.2) is 0 Å². The van der Waals surface area contributed by atoms with Gasteiger partial charge < -0.3 is 14.6 Å². The molecule has 1 N–H and O–H groups in total. The number of fused-ring (bicyclic) bond motifs is 1. The molecule has 0 atom stereocenters. The first-order chi connectivity index (χ1) is 14.9. The Hall–Kier alpha value is -2.57. The quantitative estimate of drug-likeness (QED) is 0.447. The Balaban J connectivity index is 1.60. The van der Waals surface area contributed by atoms with Gasteiger partial charge in [0.2, 0.25) is 5.91 Å². The largest absolute Gasteiger partial charge is 0.494 e. The number of H-pyrrole nitrogens is 1. The van der Waals surface area contributed by atoms with Crippen LogP contribution in [-0.2, 0) is 11.3 Å². The van der Waals surface area contributed by atoms with Crippen molar-refractivity contribution in [3.05, 3.63) is 68.2 Å². The van der Waals surface area contributed by atoms with Crippen molar-refractivity contribution in [1.29, 1.82) is 0 Å². The third-order valence-corrected chi connectivity index (χ3v) is 5.50. The molecule has 164 valence electrons. The van der Waals surface area contributed by atoms with Crippen LogP contribution in [0.5, 0.6) is 5.75 Å². The van der Waals surface area contributed by atoms with Crippen molar-refractivity contribution in [2.24, 2.45) is 0 Å². The van der Waals surface area contributed by atoms with Gasteiger partial charge in [0, 0.05) is 23.0 Å². The molecule has 0 aliphatic heterocycles. The molecule has 0 aliphatic rings. The van der Waals surface area contributed by atoms with E-state index in [0.29, 0.717) is 52.8 Å². The Kier molecular flexibility index (Phi) is 7.93. The number of rotatable bonds is 9. The molecule has 3 aromatic rings. The summed E-state index contributed by atoms with van der Waals surface area (Å²) in [6, 6.07) is 10.4. The van der Waals surface area contributed by atoms with Crippen LogP contribution in [0.15, 0.2) is 41.2 Å². The number of benzene rings is 2. The van der Waals surface area contributed by atoms with Crippen molar-refractivity contribution < 1.29 is 9.53 Å². The predicted octanol–water partition coefficient (Wildman–Crippen LogP) is 5.14. The van der Waals surface area contributed by atoms with Gasteiger partial charge in [-0.2, -0.15) is 0 Å². The topological polar surface area (TPSA) is 75.3 Å². The molecule has 8 heteroatoms.